The highest BCUT2D eigenvalue weighted by Crippen LogP contribution is 2.22. The number of imidazole rings is 1. The van der Waals surface area contributed by atoms with Gasteiger partial charge >= 0.3 is 0 Å². The second-order valence-corrected chi connectivity index (χ2v) is 4.69. The van der Waals surface area contributed by atoms with E-state index in [1.54, 1.807) is 20.0 Å². The molecule has 2 aromatic heterocycles. The Kier molecular flexibility index (Phi) is 2.12. The molecule has 0 bridgehead atoms. The van der Waals surface area contributed by atoms with Crippen LogP contribution >= 0.6 is 15.9 Å². The molecule has 0 unspecified atom stereocenters. The summed E-state index contributed by atoms with van der Waals surface area (Å²) in [5.74, 6) is 0. The number of hydrogen-bond acceptors (Lipinski definition) is 2. The standard InChI is InChI=1S/C10H11BrN2O/c1-10(2,14)8-5-12-9-4-3-7(11)6-13(8)9/h3-6,14H,1-2H3. The zero-order valence-corrected chi connectivity index (χ0v) is 9.62. The lowest BCUT2D eigenvalue weighted by Crippen LogP contribution is -2.17. The van der Waals surface area contributed by atoms with E-state index < -0.39 is 5.60 Å². The Labute approximate surface area is 90.5 Å². The number of nitrogens with zero attached hydrogens (tertiary/aromatic N) is 2. The molecule has 4 heteroatoms. The Balaban J connectivity index is 2.73. The molecule has 0 aliphatic rings. The Morgan fingerprint density at radius 3 is 2.79 bits per heavy atom. The maximum absolute atomic E-state index is 9.89. The minimum absolute atomic E-state index is 0.786. The number of aliphatic hydroxyl groups is 1. The molecule has 0 radical (unpaired) electrons. The van der Waals surface area contributed by atoms with Crippen molar-refractivity contribution in [1.82, 2.24) is 9.38 Å². The molecule has 3 nitrogen and oxygen atoms in total. The third-order valence-corrected chi connectivity index (χ3v) is 2.57. The van der Waals surface area contributed by atoms with E-state index >= 15 is 0 Å². The van der Waals surface area contributed by atoms with Crippen LogP contribution in [0.5, 0.6) is 0 Å². The first kappa shape index (κ1) is 9.68. The van der Waals surface area contributed by atoms with E-state index in [4.69, 9.17) is 0 Å². The van der Waals surface area contributed by atoms with Crippen molar-refractivity contribution >= 4 is 21.6 Å². The van der Waals surface area contributed by atoms with Crippen LogP contribution < -0.4 is 0 Å². The van der Waals surface area contributed by atoms with Gasteiger partial charge in [0.25, 0.3) is 0 Å². The lowest BCUT2D eigenvalue weighted by atomic mass is 10.1. The van der Waals surface area contributed by atoms with Crippen molar-refractivity contribution in [2.75, 3.05) is 0 Å². The second-order valence-electron chi connectivity index (χ2n) is 3.78. The minimum Gasteiger partial charge on any atom is -0.384 e. The van der Waals surface area contributed by atoms with Crippen molar-refractivity contribution in [3.05, 3.63) is 34.7 Å². The zero-order valence-electron chi connectivity index (χ0n) is 8.03. The van der Waals surface area contributed by atoms with E-state index in [2.05, 4.69) is 20.9 Å². The first-order chi connectivity index (χ1) is 6.48. The molecule has 0 saturated carbocycles. The summed E-state index contributed by atoms with van der Waals surface area (Å²) in [6.45, 7) is 3.49. The molecular weight excluding hydrogens is 244 g/mol. The van der Waals surface area contributed by atoms with Gasteiger partial charge in [0.2, 0.25) is 0 Å². The predicted octanol–water partition coefficient (Wildman–Crippen LogP) is 2.32. The molecule has 74 valence electrons. The van der Waals surface area contributed by atoms with Crippen molar-refractivity contribution < 1.29 is 5.11 Å². The fourth-order valence-corrected chi connectivity index (χ4v) is 1.74. The van der Waals surface area contributed by atoms with Crippen molar-refractivity contribution in [3.63, 3.8) is 0 Å². The summed E-state index contributed by atoms with van der Waals surface area (Å²) in [5.41, 5.74) is 0.749. The highest BCUT2D eigenvalue weighted by molar-refractivity contribution is 9.10. The number of rotatable bonds is 1. The topological polar surface area (TPSA) is 37.5 Å². The van der Waals surface area contributed by atoms with Crippen LogP contribution in [0.2, 0.25) is 0 Å². The summed E-state index contributed by atoms with van der Waals surface area (Å²) in [7, 11) is 0. The van der Waals surface area contributed by atoms with E-state index in [-0.39, 0.29) is 0 Å². The van der Waals surface area contributed by atoms with E-state index in [0.29, 0.717) is 0 Å². The van der Waals surface area contributed by atoms with Gasteiger partial charge in [-0.2, -0.15) is 0 Å². The Morgan fingerprint density at radius 2 is 2.14 bits per heavy atom. The van der Waals surface area contributed by atoms with Crippen molar-refractivity contribution in [1.29, 1.82) is 0 Å². The fourth-order valence-electron chi connectivity index (χ4n) is 1.41. The van der Waals surface area contributed by atoms with Gasteiger partial charge in [0.15, 0.2) is 0 Å². The van der Waals surface area contributed by atoms with Crippen molar-refractivity contribution in [3.8, 4) is 0 Å². The van der Waals surface area contributed by atoms with Gasteiger partial charge in [-0.15, -0.1) is 0 Å². The summed E-state index contributed by atoms with van der Waals surface area (Å²) in [5, 5.41) is 9.89. The zero-order chi connectivity index (χ0) is 10.3. The van der Waals surface area contributed by atoms with Crippen molar-refractivity contribution in [2.24, 2.45) is 0 Å². The van der Waals surface area contributed by atoms with Gasteiger partial charge < -0.3 is 9.51 Å². The predicted molar refractivity (Wildman–Crippen MR) is 58.1 cm³/mol. The number of hydrogen-bond donors (Lipinski definition) is 1. The average Bonchev–Trinajstić information content (AvgIpc) is 2.45. The molecule has 2 heterocycles. The van der Waals surface area contributed by atoms with Crippen LogP contribution in [0.3, 0.4) is 0 Å². The van der Waals surface area contributed by atoms with Gasteiger partial charge in [-0.3, -0.25) is 0 Å². The summed E-state index contributed by atoms with van der Waals surface area (Å²) in [4.78, 5) is 4.21. The average molecular weight is 255 g/mol. The van der Waals surface area contributed by atoms with Crippen LogP contribution in [0.15, 0.2) is 29.0 Å². The number of aromatic nitrogens is 2. The normalized spacial score (nSPS) is 12.3. The van der Waals surface area contributed by atoms with Gasteiger partial charge in [0.1, 0.15) is 11.2 Å². The van der Waals surface area contributed by atoms with Crippen LogP contribution in [-0.4, -0.2) is 14.5 Å². The van der Waals surface area contributed by atoms with E-state index in [1.165, 1.54) is 0 Å². The molecule has 0 saturated heterocycles. The van der Waals surface area contributed by atoms with Crippen LogP contribution in [0, 0.1) is 0 Å². The van der Waals surface area contributed by atoms with Crippen LogP contribution in [0.1, 0.15) is 19.5 Å². The molecule has 1 N–H and O–H groups in total. The molecule has 0 atom stereocenters. The fraction of sp³-hybridized carbons (Fsp3) is 0.300. The van der Waals surface area contributed by atoms with Gasteiger partial charge in [0.05, 0.1) is 11.9 Å². The van der Waals surface area contributed by atoms with Crippen LogP contribution in [-0.2, 0) is 5.60 Å². The smallest absolute Gasteiger partial charge is 0.137 e. The van der Waals surface area contributed by atoms with Gasteiger partial charge in [-0.1, -0.05) is 0 Å². The molecule has 0 aromatic carbocycles. The lowest BCUT2D eigenvalue weighted by molar-refractivity contribution is 0.0729. The first-order valence-corrected chi connectivity index (χ1v) is 5.13. The number of halogens is 1. The maximum Gasteiger partial charge on any atom is 0.137 e. The molecule has 2 rings (SSSR count). The largest absolute Gasteiger partial charge is 0.384 e. The summed E-state index contributed by atoms with van der Waals surface area (Å²) < 4.78 is 2.85. The maximum atomic E-state index is 9.89. The first-order valence-electron chi connectivity index (χ1n) is 4.34. The summed E-state index contributed by atoms with van der Waals surface area (Å²) in [6.07, 6.45) is 3.59. The molecule has 0 amide bonds. The minimum atomic E-state index is -0.875. The Morgan fingerprint density at radius 1 is 1.43 bits per heavy atom. The summed E-state index contributed by atoms with van der Waals surface area (Å²) in [6, 6.07) is 3.83. The molecule has 0 aliphatic carbocycles. The van der Waals surface area contributed by atoms with E-state index in [9.17, 15) is 5.11 Å². The highest BCUT2D eigenvalue weighted by atomic mass is 79.9. The van der Waals surface area contributed by atoms with Gasteiger partial charge in [-0.25, -0.2) is 4.98 Å². The van der Waals surface area contributed by atoms with Crippen LogP contribution in [0.25, 0.3) is 5.65 Å². The third kappa shape index (κ3) is 1.55. The van der Waals surface area contributed by atoms with Gasteiger partial charge in [0, 0.05) is 10.7 Å². The molecule has 0 spiro atoms. The monoisotopic (exact) mass is 254 g/mol. The number of pyridine rings is 1. The van der Waals surface area contributed by atoms with Crippen LogP contribution in [0.4, 0.5) is 0 Å². The molecule has 2 aromatic rings. The number of fused-ring (bicyclic) bond motifs is 1. The molecule has 0 aliphatic heterocycles. The van der Waals surface area contributed by atoms with E-state index in [0.717, 1.165) is 15.8 Å². The molecular formula is C10H11BrN2O. The third-order valence-electron chi connectivity index (χ3n) is 2.10. The van der Waals surface area contributed by atoms with Gasteiger partial charge in [-0.05, 0) is 41.9 Å². The lowest BCUT2D eigenvalue weighted by Gasteiger charge is -2.16. The Hall–Kier alpha value is -0.870. The van der Waals surface area contributed by atoms with E-state index in [1.807, 2.05) is 22.7 Å². The molecule has 0 fully saturated rings. The quantitative estimate of drug-likeness (QED) is 0.849. The SMILES string of the molecule is CC(C)(O)c1cnc2ccc(Br)cn12. The molecule has 14 heavy (non-hydrogen) atoms. The Bertz CT molecular complexity index is 470. The second kappa shape index (κ2) is 3.07. The highest BCUT2D eigenvalue weighted by Gasteiger charge is 2.20. The van der Waals surface area contributed by atoms with Crippen molar-refractivity contribution in [2.45, 2.75) is 19.4 Å². The summed E-state index contributed by atoms with van der Waals surface area (Å²) >= 11 is 3.39.